The number of fused-ring (bicyclic) bond motifs is 1. The van der Waals surface area contributed by atoms with Gasteiger partial charge in [0.15, 0.2) is 5.78 Å². The Morgan fingerprint density at radius 3 is 2.96 bits per heavy atom. The van der Waals surface area contributed by atoms with Crippen LogP contribution in [0.4, 0.5) is 0 Å². The summed E-state index contributed by atoms with van der Waals surface area (Å²) in [4.78, 5) is 23.8. The number of aryl methyl sites for hydroxylation is 1. The van der Waals surface area contributed by atoms with Gasteiger partial charge < -0.3 is 9.26 Å². The van der Waals surface area contributed by atoms with E-state index in [0.29, 0.717) is 21.5 Å². The minimum atomic E-state index is -0.129. The average molecular weight is 376 g/mol. The molecule has 2 fully saturated rings. The number of hydrogen-bond donors (Lipinski definition) is 0. The number of benzene rings is 1. The molecule has 1 saturated heterocycles. The molecule has 1 aromatic rings. The van der Waals surface area contributed by atoms with E-state index in [9.17, 15) is 9.59 Å². The minimum absolute atomic E-state index is 0.0418. The van der Waals surface area contributed by atoms with Crippen LogP contribution in [0.1, 0.15) is 24.8 Å². The molecule has 132 valence electrons. The molecule has 0 bridgehead atoms. The molecule has 0 aromatic heterocycles. The first kappa shape index (κ1) is 18.8. The molecular formula is C18H23BO4P2. The molecule has 25 heavy (non-hydrogen) atoms. The number of allylic oxidation sites excluding steroid dienone is 1. The van der Waals surface area contributed by atoms with Gasteiger partial charge in [0.2, 0.25) is 6.72 Å². The van der Waals surface area contributed by atoms with Gasteiger partial charge in [0.1, 0.15) is 6.10 Å². The van der Waals surface area contributed by atoms with Gasteiger partial charge in [-0.3, -0.25) is 9.59 Å². The smallest absolute Gasteiger partial charge is 0.306 e. The van der Waals surface area contributed by atoms with Crippen molar-refractivity contribution in [3.63, 3.8) is 0 Å². The van der Waals surface area contributed by atoms with Crippen LogP contribution in [0.25, 0.3) is 0 Å². The number of carbonyl (C=O) groups excluding carboxylic acids is 2. The van der Waals surface area contributed by atoms with Gasteiger partial charge in [-0.2, -0.15) is 9.12 Å². The highest BCUT2D eigenvalue weighted by Gasteiger charge is 2.49. The third-order valence-corrected chi connectivity index (χ3v) is 6.01. The van der Waals surface area contributed by atoms with Gasteiger partial charge in [0, 0.05) is 24.7 Å². The lowest BCUT2D eigenvalue weighted by atomic mass is 9.91. The van der Waals surface area contributed by atoms with Gasteiger partial charge in [0.05, 0.1) is 12.5 Å². The van der Waals surface area contributed by atoms with Gasteiger partial charge in [-0.15, -0.1) is 0 Å². The van der Waals surface area contributed by atoms with Crippen LogP contribution in [0, 0.1) is 11.8 Å². The number of esters is 1. The second kappa shape index (κ2) is 9.08. The number of hydrogen-bond acceptors (Lipinski definition) is 4. The van der Waals surface area contributed by atoms with Gasteiger partial charge in [-0.05, 0) is 26.7 Å². The molecule has 1 aliphatic carbocycles. The largest absolute Gasteiger partial charge is 0.462 e. The summed E-state index contributed by atoms with van der Waals surface area (Å²) in [6, 6.07) is 10.0. The van der Waals surface area contributed by atoms with Crippen molar-refractivity contribution in [3.05, 3.63) is 48.0 Å². The third kappa shape index (κ3) is 5.00. The normalized spacial score (nSPS) is 28.6. The summed E-state index contributed by atoms with van der Waals surface area (Å²) in [7, 11) is 3.08. The van der Waals surface area contributed by atoms with E-state index in [2.05, 4.69) is 9.12 Å². The zero-order valence-electron chi connectivity index (χ0n) is 14.1. The van der Waals surface area contributed by atoms with E-state index in [1.165, 1.54) is 5.56 Å². The van der Waals surface area contributed by atoms with Crippen LogP contribution < -0.4 is 0 Å². The quantitative estimate of drug-likeness (QED) is 0.303. The van der Waals surface area contributed by atoms with Crippen molar-refractivity contribution in [2.45, 2.75) is 37.9 Å². The Morgan fingerprint density at radius 2 is 2.20 bits per heavy atom. The Kier molecular flexibility index (Phi) is 6.81. The van der Waals surface area contributed by atoms with Crippen molar-refractivity contribution in [1.29, 1.82) is 0 Å². The van der Waals surface area contributed by atoms with E-state index in [1.54, 1.807) is 6.08 Å². The maximum atomic E-state index is 12.2. The summed E-state index contributed by atoms with van der Waals surface area (Å²) in [6.07, 6.45) is 6.03. The summed E-state index contributed by atoms with van der Waals surface area (Å²) < 4.78 is 11.3. The first-order valence-corrected chi connectivity index (χ1v) is 10.6. The first-order valence-electron chi connectivity index (χ1n) is 8.70. The molecule has 0 amide bonds. The highest BCUT2D eigenvalue weighted by atomic mass is 31.1. The Hall–Kier alpha value is -1.02. The van der Waals surface area contributed by atoms with Gasteiger partial charge in [-0.1, -0.05) is 36.4 Å². The van der Waals surface area contributed by atoms with E-state index in [0.717, 1.165) is 19.6 Å². The molecule has 6 atom stereocenters. The fraction of sp³-hybridized carbons (Fsp3) is 0.444. The standard InChI is InChI=1S/C18H23BO4P2/c20-13(7-6-12-4-2-1-3-5-12)8-9-14-15-10-18(21)22-16(15)11-17(14)23-25-19-24/h1-5,8-9,14-17,19,25H,6-7,10-11,24H2/b9-8+/t14-,15-,16+,17-/m1/s1. The fourth-order valence-electron chi connectivity index (χ4n) is 3.66. The third-order valence-electron chi connectivity index (χ3n) is 4.88. The Labute approximate surface area is 153 Å². The van der Waals surface area contributed by atoms with Crippen molar-refractivity contribution < 1.29 is 18.8 Å². The number of ether oxygens (including phenoxy) is 1. The Bertz CT molecular complexity index is 637. The molecule has 0 N–H and O–H groups in total. The zero-order chi connectivity index (χ0) is 17.6. The van der Waals surface area contributed by atoms with Crippen molar-refractivity contribution in [3.8, 4) is 0 Å². The number of ketones is 1. The highest BCUT2D eigenvalue weighted by Crippen LogP contribution is 2.45. The molecule has 0 radical (unpaired) electrons. The van der Waals surface area contributed by atoms with Crippen LogP contribution in [-0.4, -0.2) is 30.7 Å². The van der Waals surface area contributed by atoms with Crippen LogP contribution in [0.15, 0.2) is 42.5 Å². The van der Waals surface area contributed by atoms with E-state index in [-0.39, 0.29) is 35.8 Å². The summed E-state index contributed by atoms with van der Waals surface area (Å²) in [6.45, 7) is 0.901. The minimum Gasteiger partial charge on any atom is -0.462 e. The predicted molar refractivity (Wildman–Crippen MR) is 105 cm³/mol. The number of rotatable bonds is 8. The van der Waals surface area contributed by atoms with Crippen molar-refractivity contribution in [1.82, 2.24) is 0 Å². The van der Waals surface area contributed by atoms with E-state index in [1.807, 2.05) is 36.4 Å². The van der Waals surface area contributed by atoms with Crippen molar-refractivity contribution in [2.24, 2.45) is 11.8 Å². The maximum Gasteiger partial charge on any atom is 0.306 e. The molecule has 2 aliphatic rings. The molecule has 1 saturated carbocycles. The Morgan fingerprint density at radius 1 is 1.40 bits per heavy atom. The molecule has 1 heterocycles. The summed E-state index contributed by atoms with van der Waals surface area (Å²) in [5.74, 6) is 0.215. The molecule has 1 aromatic carbocycles. The van der Waals surface area contributed by atoms with Crippen LogP contribution in [-0.2, 0) is 25.3 Å². The van der Waals surface area contributed by atoms with E-state index < -0.39 is 0 Å². The van der Waals surface area contributed by atoms with Crippen LogP contribution in [0.3, 0.4) is 0 Å². The lowest BCUT2D eigenvalue weighted by Crippen LogP contribution is -2.19. The van der Waals surface area contributed by atoms with Gasteiger partial charge in [0.25, 0.3) is 0 Å². The topological polar surface area (TPSA) is 52.6 Å². The van der Waals surface area contributed by atoms with Crippen LogP contribution in [0.2, 0.25) is 0 Å². The fourth-order valence-corrected chi connectivity index (χ4v) is 4.51. The second-order valence-corrected chi connectivity index (χ2v) is 8.68. The maximum absolute atomic E-state index is 12.2. The molecule has 1 aliphatic heterocycles. The van der Waals surface area contributed by atoms with Gasteiger partial charge in [-0.25, -0.2) is 0 Å². The monoisotopic (exact) mass is 376 g/mol. The van der Waals surface area contributed by atoms with Crippen LogP contribution >= 0.6 is 17.8 Å². The SMILES string of the molecule is O=C(/C=C/[C@@H]1[C@H]2CC(=O)O[C@H]2C[C@H]1OPBP)CCc1ccccc1. The average Bonchev–Trinajstić information content (AvgIpc) is 3.13. The lowest BCUT2D eigenvalue weighted by Gasteiger charge is -2.19. The zero-order valence-corrected chi connectivity index (χ0v) is 16.3. The lowest BCUT2D eigenvalue weighted by molar-refractivity contribution is -0.141. The molecular weight excluding hydrogens is 353 g/mol. The predicted octanol–water partition coefficient (Wildman–Crippen LogP) is 2.82. The van der Waals surface area contributed by atoms with E-state index in [4.69, 9.17) is 9.26 Å². The molecule has 3 rings (SSSR count). The van der Waals surface area contributed by atoms with Crippen molar-refractivity contribution >= 4 is 36.3 Å². The summed E-state index contributed by atoms with van der Waals surface area (Å²) in [5, 5.41) is 0. The molecule has 4 nitrogen and oxygen atoms in total. The van der Waals surface area contributed by atoms with Crippen LogP contribution in [0.5, 0.6) is 0 Å². The summed E-state index contributed by atoms with van der Waals surface area (Å²) in [5.41, 5.74) is 1.17. The summed E-state index contributed by atoms with van der Waals surface area (Å²) >= 11 is 0. The number of carbonyl (C=O) groups is 2. The van der Waals surface area contributed by atoms with Crippen molar-refractivity contribution in [2.75, 3.05) is 0 Å². The highest BCUT2D eigenvalue weighted by molar-refractivity contribution is 7.92. The molecule has 2 unspecified atom stereocenters. The Balaban J connectivity index is 1.58. The second-order valence-electron chi connectivity index (χ2n) is 6.53. The first-order chi connectivity index (χ1) is 12.2. The molecule has 7 heteroatoms. The van der Waals surface area contributed by atoms with Gasteiger partial charge >= 0.3 is 5.97 Å². The molecule has 0 spiro atoms. The van der Waals surface area contributed by atoms with E-state index >= 15 is 0 Å².